The summed E-state index contributed by atoms with van der Waals surface area (Å²) < 4.78 is 19.4. The number of carbonyl (C=O) groups is 1. The maximum Gasteiger partial charge on any atom is 0.224 e. The van der Waals surface area contributed by atoms with E-state index in [4.69, 9.17) is 4.42 Å². The lowest BCUT2D eigenvalue weighted by molar-refractivity contribution is -0.116. The molecule has 2 aromatic carbocycles. The third kappa shape index (κ3) is 3.99. The number of aryl methyl sites for hydroxylation is 4. The Kier molecular flexibility index (Phi) is 5.16. The largest absolute Gasteiger partial charge is 0.441 e. The van der Waals surface area contributed by atoms with Gasteiger partial charge in [-0.25, -0.2) is 9.37 Å². The highest BCUT2D eigenvalue weighted by Crippen LogP contribution is 2.24. The SMILES string of the molecule is Cc1cc(C)c(NC(=O)CCc2ncc(-c3ccccc3F)o2)c(C)c1. The van der Waals surface area contributed by atoms with Gasteiger partial charge in [0.25, 0.3) is 0 Å². The highest BCUT2D eigenvalue weighted by Gasteiger charge is 2.13. The highest BCUT2D eigenvalue weighted by molar-refractivity contribution is 5.92. The Labute approximate surface area is 152 Å². The third-order valence-corrected chi connectivity index (χ3v) is 4.20. The van der Waals surface area contributed by atoms with E-state index in [9.17, 15) is 9.18 Å². The molecule has 1 amide bonds. The minimum atomic E-state index is -0.363. The molecule has 4 nitrogen and oxygen atoms in total. The van der Waals surface area contributed by atoms with E-state index in [1.165, 1.54) is 17.8 Å². The molecule has 1 heterocycles. The number of hydrogen-bond acceptors (Lipinski definition) is 3. The number of carbonyl (C=O) groups excluding carboxylic acids is 1. The second-order valence-electron chi connectivity index (χ2n) is 6.42. The molecule has 5 heteroatoms. The summed E-state index contributed by atoms with van der Waals surface area (Å²) in [5.74, 6) is 0.309. The molecule has 0 radical (unpaired) electrons. The van der Waals surface area contributed by atoms with Crippen molar-refractivity contribution >= 4 is 11.6 Å². The Balaban J connectivity index is 1.63. The Morgan fingerprint density at radius 1 is 1.15 bits per heavy atom. The fourth-order valence-corrected chi connectivity index (χ4v) is 3.01. The predicted octanol–water partition coefficient (Wildman–Crippen LogP) is 4.98. The molecule has 0 atom stereocenters. The van der Waals surface area contributed by atoms with Crippen LogP contribution in [0.15, 0.2) is 47.0 Å². The summed E-state index contributed by atoms with van der Waals surface area (Å²) in [6.45, 7) is 5.98. The average molecular weight is 352 g/mol. The van der Waals surface area contributed by atoms with Crippen LogP contribution in [0.2, 0.25) is 0 Å². The van der Waals surface area contributed by atoms with Crippen molar-refractivity contribution in [1.29, 1.82) is 0 Å². The first-order chi connectivity index (χ1) is 12.4. The van der Waals surface area contributed by atoms with E-state index in [0.29, 0.717) is 23.6 Å². The van der Waals surface area contributed by atoms with E-state index in [2.05, 4.69) is 10.3 Å². The first-order valence-corrected chi connectivity index (χ1v) is 8.51. The van der Waals surface area contributed by atoms with E-state index < -0.39 is 0 Å². The molecule has 0 spiro atoms. The van der Waals surface area contributed by atoms with Crippen LogP contribution >= 0.6 is 0 Å². The number of oxazole rings is 1. The van der Waals surface area contributed by atoms with Gasteiger partial charge < -0.3 is 9.73 Å². The topological polar surface area (TPSA) is 55.1 Å². The summed E-state index contributed by atoms with van der Waals surface area (Å²) in [4.78, 5) is 16.4. The van der Waals surface area contributed by atoms with Crippen molar-refractivity contribution in [2.24, 2.45) is 0 Å². The molecule has 1 N–H and O–H groups in total. The lowest BCUT2D eigenvalue weighted by atomic mass is 10.0. The molecule has 0 bridgehead atoms. The fourth-order valence-electron chi connectivity index (χ4n) is 3.01. The number of amides is 1. The van der Waals surface area contributed by atoms with Gasteiger partial charge in [-0.2, -0.15) is 0 Å². The number of hydrogen-bond donors (Lipinski definition) is 1. The standard InChI is InChI=1S/C21H21FN2O2/c1-13-10-14(2)21(15(3)11-13)24-19(25)8-9-20-23-12-18(26-20)16-6-4-5-7-17(16)22/h4-7,10-12H,8-9H2,1-3H3,(H,24,25). The van der Waals surface area contributed by atoms with Crippen LogP contribution in [0.25, 0.3) is 11.3 Å². The van der Waals surface area contributed by atoms with Crippen molar-refractivity contribution in [3.05, 3.63) is 71.0 Å². The van der Waals surface area contributed by atoms with Crippen LogP contribution in [0.5, 0.6) is 0 Å². The molecule has 0 aliphatic heterocycles. The van der Waals surface area contributed by atoms with Gasteiger partial charge >= 0.3 is 0 Å². The molecule has 0 fully saturated rings. The summed E-state index contributed by atoms with van der Waals surface area (Å²) in [6.07, 6.45) is 2.08. The number of aromatic nitrogens is 1. The number of nitrogens with zero attached hydrogens (tertiary/aromatic N) is 1. The van der Waals surface area contributed by atoms with E-state index >= 15 is 0 Å². The minimum Gasteiger partial charge on any atom is -0.441 e. The molecule has 3 aromatic rings. The normalized spacial score (nSPS) is 10.8. The first kappa shape index (κ1) is 17.9. The Morgan fingerprint density at radius 3 is 2.54 bits per heavy atom. The van der Waals surface area contributed by atoms with Crippen LogP contribution in [-0.4, -0.2) is 10.9 Å². The molecule has 26 heavy (non-hydrogen) atoms. The van der Waals surface area contributed by atoms with Gasteiger partial charge in [-0.15, -0.1) is 0 Å². The zero-order chi connectivity index (χ0) is 18.7. The van der Waals surface area contributed by atoms with Crippen LogP contribution in [0.1, 0.15) is 29.0 Å². The van der Waals surface area contributed by atoms with Gasteiger partial charge in [0, 0.05) is 18.5 Å². The van der Waals surface area contributed by atoms with Crippen LogP contribution in [0.3, 0.4) is 0 Å². The number of rotatable bonds is 5. The second-order valence-corrected chi connectivity index (χ2v) is 6.42. The van der Waals surface area contributed by atoms with Crippen molar-refractivity contribution in [3.63, 3.8) is 0 Å². The molecule has 0 aliphatic rings. The zero-order valence-corrected chi connectivity index (χ0v) is 15.1. The highest BCUT2D eigenvalue weighted by atomic mass is 19.1. The molecular formula is C21H21FN2O2. The first-order valence-electron chi connectivity index (χ1n) is 8.51. The third-order valence-electron chi connectivity index (χ3n) is 4.20. The molecule has 0 saturated carbocycles. The second kappa shape index (κ2) is 7.52. The molecule has 0 unspecified atom stereocenters. The summed E-state index contributed by atoms with van der Waals surface area (Å²) >= 11 is 0. The number of benzene rings is 2. The molecule has 0 aliphatic carbocycles. The molecular weight excluding hydrogens is 331 g/mol. The number of nitrogens with one attached hydrogen (secondary N) is 1. The summed E-state index contributed by atoms with van der Waals surface area (Å²) in [7, 11) is 0. The summed E-state index contributed by atoms with van der Waals surface area (Å²) in [5, 5.41) is 2.96. The summed E-state index contributed by atoms with van der Waals surface area (Å²) in [5.41, 5.74) is 4.45. The van der Waals surface area contributed by atoms with Gasteiger partial charge in [0.2, 0.25) is 5.91 Å². The fraction of sp³-hybridized carbons (Fsp3) is 0.238. The Hall–Kier alpha value is -2.95. The van der Waals surface area contributed by atoms with Crippen molar-refractivity contribution in [1.82, 2.24) is 4.98 Å². The van der Waals surface area contributed by atoms with Crippen molar-refractivity contribution in [3.8, 4) is 11.3 Å². The Morgan fingerprint density at radius 2 is 1.85 bits per heavy atom. The van der Waals surface area contributed by atoms with Crippen molar-refractivity contribution in [2.45, 2.75) is 33.6 Å². The van der Waals surface area contributed by atoms with E-state index in [-0.39, 0.29) is 18.1 Å². The zero-order valence-electron chi connectivity index (χ0n) is 15.1. The molecule has 134 valence electrons. The maximum absolute atomic E-state index is 13.8. The summed E-state index contributed by atoms with van der Waals surface area (Å²) in [6, 6.07) is 10.4. The Bertz CT molecular complexity index is 924. The molecule has 1 aromatic heterocycles. The van der Waals surface area contributed by atoms with Gasteiger partial charge in [0.1, 0.15) is 5.82 Å². The van der Waals surface area contributed by atoms with Crippen LogP contribution in [-0.2, 0) is 11.2 Å². The van der Waals surface area contributed by atoms with E-state index in [1.807, 2.05) is 32.9 Å². The smallest absolute Gasteiger partial charge is 0.224 e. The van der Waals surface area contributed by atoms with Gasteiger partial charge in [-0.3, -0.25) is 4.79 Å². The predicted molar refractivity (Wildman–Crippen MR) is 99.5 cm³/mol. The van der Waals surface area contributed by atoms with Crippen molar-refractivity contribution in [2.75, 3.05) is 5.32 Å². The maximum atomic E-state index is 13.8. The minimum absolute atomic E-state index is 0.106. The van der Waals surface area contributed by atoms with Crippen LogP contribution in [0.4, 0.5) is 10.1 Å². The quantitative estimate of drug-likeness (QED) is 0.705. The lowest BCUT2D eigenvalue weighted by Gasteiger charge is -2.12. The van der Waals surface area contributed by atoms with Crippen molar-refractivity contribution < 1.29 is 13.6 Å². The molecule has 0 saturated heterocycles. The van der Waals surface area contributed by atoms with E-state index in [0.717, 1.165) is 16.8 Å². The van der Waals surface area contributed by atoms with Gasteiger partial charge in [0.15, 0.2) is 11.7 Å². The van der Waals surface area contributed by atoms with Crippen LogP contribution in [0, 0.1) is 26.6 Å². The molecule has 3 rings (SSSR count). The van der Waals surface area contributed by atoms with Gasteiger partial charge in [-0.1, -0.05) is 29.8 Å². The number of halogens is 1. The average Bonchev–Trinajstić information content (AvgIpc) is 3.05. The van der Waals surface area contributed by atoms with Gasteiger partial charge in [0.05, 0.1) is 11.8 Å². The monoisotopic (exact) mass is 352 g/mol. The van der Waals surface area contributed by atoms with Crippen LogP contribution < -0.4 is 5.32 Å². The number of anilines is 1. The lowest BCUT2D eigenvalue weighted by Crippen LogP contribution is -2.14. The van der Waals surface area contributed by atoms with E-state index in [1.54, 1.807) is 18.2 Å². The van der Waals surface area contributed by atoms with Gasteiger partial charge in [-0.05, 0) is 44.0 Å².